The lowest BCUT2D eigenvalue weighted by molar-refractivity contribution is -0.168. The van der Waals surface area contributed by atoms with Gasteiger partial charge in [0.05, 0.1) is 14.2 Å². The molecule has 0 heterocycles. The Morgan fingerprint density at radius 1 is 1.17 bits per heavy atom. The predicted molar refractivity (Wildman–Crippen MR) is 88.4 cm³/mol. The van der Waals surface area contributed by atoms with Crippen LogP contribution in [0.25, 0.3) is 5.57 Å². The predicted octanol–water partition coefficient (Wildman–Crippen LogP) is 3.39. The first-order chi connectivity index (χ1) is 11.0. The molecule has 122 valence electrons. The van der Waals surface area contributed by atoms with Crippen LogP contribution in [-0.2, 0) is 19.1 Å². The average Bonchev–Trinajstić information content (AvgIpc) is 3.01. The van der Waals surface area contributed by atoms with E-state index < -0.39 is 17.4 Å². The van der Waals surface area contributed by atoms with Gasteiger partial charge in [0.1, 0.15) is 0 Å². The summed E-state index contributed by atoms with van der Waals surface area (Å²) in [5.74, 6) is -1.16. The molecule has 1 aromatic rings. The Morgan fingerprint density at radius 3 is 2.22 bits per heavy atom. The lowest BCUT2D eigenvalue weighted by atomic mass is 9.85. The highest BCUT2D eigenvalue weighted by Gasteiger charge is 2.55. The fourth-order valence-corrected chi connectivity index (χ4v) is 3.32. The Hall–Kier alpha value is -2.36. The number of ether oxygens (including phenoxy) is 2. The summed E-state index contributed by atoms with van der Waals surface area (Å²) in [6.07, 6.45) is 2.41. The molecule has 1 fully saturated rings. The lowest BCUT2D eigenvalue weighted by Crippen LogP contribution is -2.39. The van der Waals surface area contributed by atoms with E-state index in [1.54, 1.807) is 6.08 Å². The van der Waals surface area contributed by atoms with Gasteiger partial charge in [0.2, 0.25) is 0 Å². The summed E-state index contributed by atoms with van der Waals surface area (Å²) in [4.78, 5) is 24.6. The van der Waals surface area contributed by atoms with Crippen LogP contribution in [0.4, 0.5) is 0 Å². The van der Waals surface area contributed by atoms with E-state index in [9.17, 15) is 9.59 Å². The second kappa shape index (κ2) is 6.82. The standard InChI is InChI=1S/C19H22O4/c1-5-14-11-19(17(20)22-3,18(21)23-4)12-16(14)13(2)15-9-7-6-8-10-15/h5-10,14H,1,11-12H2,2-4H3/b16-13+. The first-order valence-electron chi connectivity index (χ1n) is 7.54. The van der Waals surface area contributed by atoms with Crippen molar-refractivity contribution in [2.24, 2.45) is 11.3 Å². The minimum Gasteiger partial charge on any atom is -0.468 e. The number of rotatable bonds is 4. The van der Waals surface area contributed by atoms with Crippen LogP contribution in [0.5, 0.6) is 0 Å². The van der Waals surface area contributed by atoms with Crippen LogP contribution in [0.3, 0.4) is 0 Å². The van der Waals surface area contributed by atoms with Gasteiger partial charge in [-0.1, -0.05) is 42.0 Å². The molecule has 0 spiro atoms. The number of methoxy groups -OCH3 is 2. The van der Waals surface area contributed by atoms with Gasteiger partial charge in [0, 0.05) is 0 Å². The number of carbonyl (C=O) groups excluding carboxylic acids is 2. The summed E-state index contributed by atoms with van der Waals surface area (Å²) in [5.41, 5.74) is 1.88. The lowest BCUT2D eigenvalue weighted by Gasteiger charge is -2.22. The molecule has 4 heteroatoms. The van der Waals surface area contributed by atoms with Crippen LogP contribution in [0.2, 0.25) is 0 Å². The highest BCUT2D eigenvalue weighted by molar-refractivity contribution is 6.01. The van der Waals surface area contributed by atoms with E-state index in [0.29, 0.717) is 12.8 Å². The van der Waals surface area contributed by atoms with Gasteiger partial charge >= 0.3 is 11.9 Å². The molecule has 1 saturated carbocycles. The van der Waals surface area contributed by atoms with Gasteiger partial charge in [0.25, 0.3) is 0 Å². The summed E-state index contributed by atoms with van der Waals surface area (Å²) in [6, 6.07) is 9.90. The molecular formula is C19H22O4. The van der Waals surface area contributed by atoms with Gasteiger partial charge in [-0.05, 0) is 36.8 Å². The molecular weight excluding hydrogens is 292 g/mol. The van der Waals surface area contributed by atoms with Crippen molar-refractivity contribution in [1.82, 2.24) is 0 Å². The zero-order valence-corrected chi connectivity index (χ0v) is 13.8. The summed E-state index contributed by atoms with van der Waals surface area (Å²) in [6.45, 7) is 5.87. The van der Waals surface area contributed by atoms with Crippen LogP contribution < -0.4 is 0 Å². The minimum atomic E-state index is -1.28. The molecule has 4 nitrogen and oxygen atoms in total. The smallest absolute Gasteiger partial charge is 0.323 e. The Bertz CT molecular complexity index is 627. The molecule has 1 atom stereocenters. The molecule has 1 aromatic carbocycles. The van der Waals surface area contributed by atoms with E-state index in [0.717, 1.165) is 16.7 Å². The normalized spacial score (nSPS) is 21.4. The first kappa shape index (κ1) is 17.0. The molecule has 0 bridgehead atoms. The summed E-state index contributed by atoms with van der Waals surface area (Å²) in [7, 11) is 2.59. The van der Waals surface area contributed by atoms with Crippen molar-refractivity contribution < 1.29 is 19.1 Å². The summed E-state index contributed by atoms with van der Waals surface area (Å²) < 4.78 is 9.78. The highest BCUT2D eigenvalue weighted by atomic mass is 16.5. The summed E-state index contributed by atoms with van der Waals surface area (Å²) >= 11 is 0. The second-order valence-corrected chi connectivity index (χ2v) is 5.80. The number of carbonyl (C=O) groups is 2. The van der Waals surface area contributed by atoms with Gasteiger partial charge in [0.15, 0.2) is 5.41 Å². The monoisotopic (exact) mass is 314 g/mol. The van der Waals surface area contributed by atoms with E-state index >= 15 is 0 Å². The van der Waals surface area contributed by atoms with Crippen LogP contribution in [0, 0.1) is 11.3 Å². The van der Waals surface area contributed by atoms with Crippen molar-refractivity contribution in [1.29, 1.82) is 0 Å². The first-order valence-corrected chi connectivity index (χ1v) is 7.54. The Morgan fingerprint density at radius 2 is 1.74 bits per heavy atom. The van der Waals surface area contributed by atoms with E-state index in [-0.39, 0.29) is 5.92 Å². The molecule has 0 aliphatic heterocycles. The van der Waals surface area contributed by atoms with Crippen molar-refractivity contribution in [2.45, 2.75) is 19.8 Å². The maximum Gasteiger partial charge on any atom is 0.323 e. The Labute approximate surface area is 136 Å². The average molecular weight is 314 g/mol. The van der Waals surface area contributed by atoms with Gasteiger partial charge in [-0.2, -0.15) is 0 Å². The van der Waals surface area contributed by atoms with Crippen molar-refractivity contribution >= 4 is 17.5 Å². The van der Waals surface area contributed by atoms with Crippen molar-refractivity contribution in [3.8, 4) is 0 Å². The maximum absolute atomic E-state index is 12.3. The number of esters is 2. The van der Waals surface area contributed by atoms with Gasteiger partial charge in [-0.25, -0.2) is 0 Å². The molecule has 0 saturated heterocycles. The van der Waals surface area contributed by atoms with Crippen molar-refractivity contribution in [2.75, 3.05) is 14.2 Å². The highest BCUT2D eigenvalue weighted by Crippen LogP contribution is 2.49. The van der Waals surface area contributed by atoms with Crippen LogP contribution in [0.1, 0.15) is 25.3 Å². The maximum atomic E-state index is 12.3. The van der Waals surface area contributed by atoms with Crippen LogP contribution >= 0.6 is 0 Å². The third kappa shape index (κ3) is 2.93. The van der Waals surface area contributed by atoms with E-state index in [4.69, 9.17) is 9.47 Å². The number of hydrogen-bond donors (Lipinski definition) is 0. The molecule has 23 heavy (non-hydrogen) atoms. The molecule has 0 radical (unpaired) electrons. The molecule has 0 aromatic heterocycles. The molecule has 0 N–H and O–H groups in total. The van der Waals surface area contributed by atoms with E-state index in [1.165, 1.54) is 14.2 Å². The third-order valence-corrected chi connectivity index (χ3v) is 4.63. The molecule has 1 aliphatic rings. The molecule has 1 aliphatic carbocycles. The SMILES string of the molecule is C=CC1CC(C(=O)OC)(C(=O)OC)C/C1=C(/C)c1ccccc1. The molecule has 1 unspecified atom stereocenters. The van der Waals surface area contributed by atoms with Gasteiger partial charge in [-0.15, -0.1) is 6.58 Å². The zero-order valence-electron chi connectivity index (χ0n) is 13.8. The quantitative estimate of drug-likeness (QED) is 0.485. The number of hydrogen-bond acceptors (Lipinski definition) is 4. The van der Waals surface area contributed by atoms with E-state index in [1.807, 2.05) is 37.3 Å². The van der Waals surface area contributed by atoms with E-state index in [2.05, 4.69) is 6.58 Å². The third-order valence-electron chi connectivity index (χ3n) is 4.63. The Balaban J connectivity index is 2.53. The van der Waals surface area contributed by atoms with Crippen molar-refractivity contribution in [3.05, 3.63) is 54.1 Å². The number of benzene rings is 1. The Kier molecular flexibility index (Phi) is 5.04. The molecule has 0 amide bonds. The fourth-order valence-electron chi connectivity index (χ4n) is 3.32. The van der Waals surface area contributed by atoms with Crippen LogP contribution in [-0.4, -0.2) is 26.2 Å². The second-order valence-electron chi connectivity index (χ2n) is 5.80. The number of allylic oxidation sites excluding steroid dienone is 3. The molecule has 2 rings (SSSR count). The topological polar surface area (TPSA) is 52.6 Å². The fraction of sp³-hybridized carbons (Fsp3) is 0.368. The minimum absolute atomic E-state index is 0.0617. The largest absolute Gasteiger partial charge is 0.468 e. The van der Waals surface area contributed by atoms with Gasteiger partial charge in [-0.3, -0.25) is 9.59 Å². The van der Waals surface area contributed by atoms with Crippen LogP contribution in [0.15, 0.2) is 48.6 Å². The summed E-state index contributed by atoms with van der Waals surface area (Å²) in [5, 5.41) is 0. The van der Waals surface area contributed by atoms with Crippen molar-refractivity contribution in [3.63, 3.8) is 0 Å². The van der Waals surface area contributed by atoms with Gasteiger partial charge < -0.3 is 9.47 Å². The zero-order chi connectivity index (χ0) is 17.0.